The van der Waals surface area contributed by atoms with Crippen molar-refractivity contribution in [2.24, 2.45) is 0 Å². The van der Waals surface area contributed by atoms with Crippen LogP contribution in [0.2, 0.25) is 0 Å². The number of furan rings is 1. The first kappa shape index (κ1) is 22.0. The number of hydrogen-bond donors (Lipinski definition) is 0. The molecule has 0 amide bonds. The molecule has 42 heavy (non-hydrogen) atoms. The second kappa shape index (κ2) is 7.93. The average Bonchev–Trinajstić information content (AvgIpc) is 3.70. The first-order valence-electron chi connectivity index (χ1n) is 14.2. The van der Waals surface area contributed by atoms with Crippen molar-refractivity contribution in [3.05, 3.63) is 127 Å². The number of benzene rings is 6. The third kappa shape index (κ3) is 2.90. The van der Waals surface area contributed by atoms with Crippen molar-refractivity contribution in [3.63, 3.8) is 0 Å². The van der Waals surface area contributed by atoms with Crippen LogP contribution in [0.5, 0.6) is 0 Å². The maximum atomic E-state index is 6.12. The van der Waals surface area contributed by atoms with Crippen molar-refractivity contribution >= 4 is 71.3 Å². The molecule has 0 spiro atoms. The van der Waals surface area contributed by atoms with Crippen molar-refractivity contribution in [1.29, 1.82) is 0 Å². The van der Waals surface area contributed by atoms with Gasteiger partial charge in [-0.2, -0.15) is 0 Å². The molecule has 0 unspecified atom stereocenters. The molecule has 4 aromatic heterocycles. The lowest BCUT2D eigenvalue weighted by atomic mass is 9.99. The Kier molecular flexibility index (Phi) is 4.15. The minimum absolute atomic E-state index is 0.893. The van der Waals surface area contributed by atoms with Gasteiger partial charge in [0.15, 0.2) is 5.65 Å². The molecule has 4 heteroatoms. The van der Waals surface area contributed by atoms with Crippen LogP contribution in [0.3, 0.4) is 0 Å². The lowest BCUT2D eigenvalue weighted by Gasteiger charge is -2.06. The summed E-state index contributed by atoms with van der Waals surface area (Å²) in [7, 11) is 0. The molecule has 10 aromatic rings. The minimum atomic E-state index is 0.893. The van der Waals surface area contributed by atoms with E-state index in [9.17, 15) is 0 Å². The summed E-state index contributed by atoms with van der Waals surface area (Å²) in [5, 5.41) is 5.81. The van der Waals surface area contributed by atoms with E-state index in [0.29, 0.717) is 0 Å². The molecule has 10 rings (SSSR count). The summed E-state index contributed by atoms with van der Waals surface area (Å²) in [6.07, 6.45) is 0. The smallest absolute Gasteiger partial charge is 0.165 e. The summed E-state index contributed by atoms with van der Waals surface area (Å²) in [6.45, 7) is 0. The van der Waals surface area contributed by atoms with E-state index in [0.717, 1.165) is 71.7 Å². The highest BCUT2D eigenvalue weighted by Gasteiger charge is 2.21. The Morgan fingerprint density at radius 2 is 1.17 bits per heavy atom. The van der Waals surface area contributed by atoms with Gasteiger partial charge in [0.05, 0.1) is 22.1 Å². The first-order valence-corrected chi connectivity index (χ1v) is 14.2. The summed E-state index contributed by atoms with van der Waals surface area (Å²) in [5.74, 6) is 0. The van der Waals surface area contributed by atoms with Gasteiger partial charge in [-0.3, -0.25) is 4.40 Å². The lowest BCUT2D eigenvalue weighted by molar-refractivity contribution is 0.669. The molecule has 0 aliphatic carbocycles. The zero-order valence-corrected chi connectivity index (χ0v) is 22.4. The molecule has 4 nitrogen and oxygen atoms in total. The Balaban J connectivity index is 1.30. The van der Waals surface area contributed by atoms with Gasteiger partial charge < -0.3 is 4.42 Å². The summed E-state index contributed by atoms with van der Waals surface area (Å²) >= 11 is 0. The fourth-order valence-corrected chi connectivity index (χ4v) is 6.76. The molecule has 0 saturated heterocycles. The fourth-order valence-electron chi connectivity index (χ4n) is 6.76. The van der Waals surface area contributed by atoms with Gasteiger partial charge >= 0.3 is 0 Å². The van der Waals surface area contributed by atoms with Crippen molar-refractivity contribution < 1.29 is 4.42 Å². The fraction of sp³-hybridized carbons (Fsp3) is 0. The van der Waals surface area contributed by atoms with Crippen molar-refractivity contribution in [1.82, 2.24) is 14.4 Å². The van der Waals surface area contributed by atoms with E-state index in [1.54, 1.807) is 0 Å². The van der Waals surface area contributed by atoms with E-state index < -0.39 is 0 Å². The average molecular weight is 536 g/mol. The predicted octanol–water partition coefficient (Wildman–Crippen LogP) is 10.0. The molecule has 6 aromatic carbocycles. The van der Waals surface area contributed by atoms with Crippen LogP contribution in [-0.4, -0.2) is 14.4 Å². The molecular formula is C38H21N3O. The quantitative estimate of drug-likeness (QED) is 0.221. The van der Waals surface area contributed by atoms with Gasteiger partial charge in [0, 0.05) is 26.9 Å². The minimum Gasteiger partial charge on any atom is -0.456 e. The Morgan fingerprint density at radius 3 is 2.10 bits per heavy atom. The topological polar surface area (TPSA) is 43.3 Å². The molecule has 4 heterocycles. The number of nitrogens with zero attached hydrogens (tertiary/aromatic N) is 3. The second-order valence-corrected chi connectivity index (χ2v) is 11.0. The third-order valence-electron chi connectivity index (χ3n) is 8.70. The normalized spacial score (nSPS) is 12.3. The number of rotatable bonds is 2. The highest BCUT2D eigenvalue weighted by atomic mass is 16.3. The molecule has 0 bridgehead atoms. The molecule has 0 fully saturated rings. The molecule has 0 saturated carbocycles. The van der Waals surface area contributed by atoms with Crippen LogP contribution in [0.1, 0.15) is 0 Å². The second-order valence-electron chi connectivity index (χ2n) is 11.0. The molecule has 0 N–H and O–H groups in total. The molecule has 0 aliphatic rings. The van der Waals surface area contributed by atoms with E-state index in [1.165, 1.54) is 21.9 Å². The van der Waals surface area contributed by atoms with Gasteiger partial charge in [0.1, 0.15) is 16.7 Å². The molecule has 194 valence electrons. The van der Waals surface area contributed by atoms with E-state index in [1.807, 2.05) is 18.2 Å². The zero-order chi connectivity index (χ0) is 27.4. The van der Waals surface area contributed by atoms with Gasteiger partial charge in [0.2, 0.25) is 0 Å². The SMILES string of the molecule is c1ccc(-c2ccc3nc4c(nc3c2)c2cc(-c3ccc5oc6ccccc6c5c3)cc3c5ccccc5n4c32)cc1. The van der Waals surface area contributed by atoms with Crippen LogP contribution in [0.15, 0.2) is 132 Å². The maximum Gasteiger partial charge on any atom is 0.165 e. The van der Waals surface area contributed by atoms with Crippen LogP contribution >= 0.6 is 0 Å². The highest BCUT2D eigenvalue weighted by molar-refractivity contribution is 6.23. The monoisotopic (exact) mass is 535 g/mol. The number of para-hydroxylation sites is 2. The van der Waals surface area contributed by atoms with E-state index in [2.05, 4.69) is 114 Å². The van der Waals surface area contributed by atoms with E-state index >= 15 is 0 Å². The lowest BCUT2D eigenvalue weighted by Crippen LogP contribution is -1.90. The summed E-state index contributed by atoms with van der Waals surface area (Å²) < 4.78 is 8.41. The van der Waals surface area contributed by atoms with Crippen LogP contribution < -0.4 is 0 Å². The van der Waals surface area contributed by atoms with Crippen molar-refractivity contribution in [2.45, 2.75) is 0 Å². The van der Waals surface area contributed by atoms with Crippen LogP contribution in [0.4, 0.5) is 0 Å². The van der Waals surface area contributed by atoms with Crippen LogP contribution in [0.25, 0.3) is 93.6 Å². The van der Waals surface area contributed by atoms with Gasteiger partial charge in [-0.25, -0.2) is 9.97 Å². The predicted molar refractivity (Wildman–Crippen MR) is 172 cm³/mol. The third-order valence-corrected chi connectivity index (χ3v) is 8.70. The van der Waals surface area contributed by atoms with Crippen LogP contribution in [-0.2, 0) is 0 Å². The van der Waals surface area contributed by atoms with E-state index in [-0.39, 0.29) is 0 Å². The number of aromatic nitrogens is 3. The summed E-state index contributed by atoms with van der Waals surface area (Å²) in [6, 6.07) is 44.8. The largest absolute Gasteiger partial charge is 0.456 e. The van der Waals surface area contributed by atoms with Gasteiger partial charge in [-0.15, -0.1) is 0 Å². The Hall–Kier alpha value is -5.74. The standard InChI is InChI=1S/C38H21N3O/c1-2-8-22(9-3-1)24-14-16-31-32(21-24)39-36-30-20-25(23-15-17-35-28(18-23)27-11-5-7-13-34(27)42-35)19-29-26-10-4-6-12-33(26)41(37(29)30)38(36)40-31/h1-21H. The first-order chi connectivity index (χ1) is 20.8. The number of hydrogen-bond acceptors (Lipinski definition) is 3. The van der Waals surface area contributed by atoms with E-state index in [4.69, 9.17) is 14.4 Å². The Labute approximate surface area is 239 Å². The molecular weight excluding hydrogens is 514 g/mol. The molecule has 0 radical (unpaired) electrons. The summed E-state index contributed by atoms with van der Waals surface area (Å²) in [5.41, 5.74) is 12.4. The number of fused-ring (bicyclic) bond motifs is 10. The van der Waals surface area contributed by atoms with Crippen LogP contribution in [0, 0.1) is 0 Å². The van der Waals surface area contributed by atoms with Gasteiger partial charge in [0.25, 0.3) is 0 Å². The van der Waals surface area contributed by atoms with Gasteiger partial charge in [-0.1, -0.05) is 78.9 Å². The molecule has 0 atom stereocenters. The Morgan fingerprint density at radius 1 is 0.452 bits per heavy atom. The van der Waals surface area contributed by atoms with Crippen molar-refractivity contribution in [3.8, 4) is 22.3 Å². The van der Waals surface area contributed by atoms with Crippen molar-refractivity contribution in [2.75, 3.05) is 0 Å². The Bertz CT molecular complexity index is 2680. The van der Waals surface area contributed by atoms with Gasteiger partial charge in [-0.05, 0) is 70.8 Å². The molecule has 0 aliphatic heterocycles. The highest BCUT2D eigenvalue weighted by Crippen LogP contribution is 2.42. The summed E-state index contributed by atoms with van der Waals surface area (Å²) in [4.78, 5) is 10.5. The maximum absolute atomic E-state index is 6.12. The zero-order valence-electron chi connectivity index (χ0n) is 22.4.